The van der Waals surface area contributed by atoms with Crippen LogP contribution in [-0.4, -0.2) is 34.0 Å². The van der Waals surface area contributed by atoms with Crippen LogP contribution in [0.3, 0.4) is 0 Å². The van der Waals surface area contributed by atoms with Crippen LogP contribution in [0.4, 0.5) is 0 Å². The van der Waals surface area contributed by atoms with Gasteiger partial charge in [-0.05, 0) is 68.0 Å². The highest BCUT2D eigenvalue weighted by molar-refractivity contribution is 7.07. The van der Waals surface area contributed by atoms with Crippen LogP contribution in [0.1, 0.15) is 31.0 Å². The smallest absolute Gasteiger partial charge is 0.338 e. The molecule has 10 heteroatoms. The molecule has 1 aliphatic heterocycles. The van der Waals surface area contributed by atoms with Crippen molar-refractivity contribution < 1.29 is 14.3 Å². The third-order valence-corrected chi connectivity index (χ3v) is 8.46. The van der Waals surface area contributed by atoms with Crippen molar-refractivity contribution in [1.82, 2.24) is 14.3 Å². The van der Waals surface area contributed by atoms with Crippen molar-refractivity contribution in [1.29, 1.82) is 0 Å². The molecule has 8 nitrogen and oxygen atoms in total. The number of allylic oxidation sites excluding steroid dienone is 1. The van der Waals surface area contributed by atoms with Crippen LogP contribution in [0.2, 0.25) is 5.02 Å². The molecule has 0 amide bonds. The largest absolute Gasteiger partial charge is 0.497 e. The fraction of sp³-hybridized carbons (Fsp3) is 0.152. The maximum Gasteiger partial charge on any atom is 0.338 e. The summed E-state index contributed by atoms with van der Waals surface area (Å²) in [5.41, 5.74) is 4.27. The highest BCUT2D eigenvalue weighted by atomic mass is 35.5. The van der Waals surface area contributed by atoms with E-state index < -0.39 is 12.0 Å². The fourth-order valence-electron chi connectivity index (χ4n) is 5.10. The monoisotopic (exact) mass is 610 g/mol. The van der Waals surface area contributed by atoms with Gasteiger partial charge in [-0.15, -0.1) is 0 Å². The number of rotatable bonds is 7. The van der Waals surface area contributed by atoms with Gasteiger partial charge in [0, 0.05) is 22.3 Å². The van der Waals surface area contributed by atoms with E-state index in [1.807, 2.05) is 79.0 Å². The van der Waals surface area contributed by atoms with Crippen molar-refractivity contribution in [2.24, 2.45) is 4.99 Å². The normalized spacial score (nSPS) is 14.8. The van der Waals surface area contributed by atoms with E-state index in [-0.39, 0.29) is 17.7 Å². The molecule has 0 fully saturated rings. The van der Waals surface area contributed by atoms with Gasteiger partial charge >= 0.3 is 5.97 Å². The number of carbonyl (C=O) groups excluding carboxylic acids is 1. The van der Waals surface area contributed by atoms with E-state index in [2.05, 4.69) is 4.99 Å². The number of nitrogens with zero attached hydrogens (tertiary/aromatic N) is 4. The summed E-state index contributed by atoms with van der Waals surface area (Å²) in [4.78, 5) is 32.5. The Morgan fingerprint density at radius 2 is 1.77 bits per heavy atom. The molecule has 0 N–H and O–H groups in total. The van der Waals surface area contributed by atoms with Crippen LogP contribution in [0.15, 0.2) is 106 Å². The zero-order valence-corrected chi connectivity index (χ0v) is 25.2. The van der Waals surface area contributed by atoms with E-state index in [0.717, 1.165) is 22.6 Å². The molecule has 2 aromatic heterocycles. The number of hydrogen-bond acceptors (Lipinski definition) is 7. The second-order valence-corrected chi connectivity index (χ2v) is 11.2. The highest BCUT2D eigenvalue weighted by Gasteiger charge is 2.34. The SMILES string of the molecule is CCOC(=O)C1=C(C)N=c2s/c(=C\c3cn(-c4ccccc4)nc3-c3ccc(OC)cc3)c(=O)n2[C@@H]1c1ccccc1Cl. The van der Waals surface area contributed by atoms with Crippen molar-refractivity contribution in [3.63, 3.8) is 0 Å². The van der Waals surface area contributed by atoms with Gasteiger partial charge in [-0.1, -0.05) is 59.3 Å². The van der Waals surface area contributed by atoms with Gasteiger partial charge in [-0.25, -0.2) is 14.5 Å². The van der Waals surface area contributed by atoms with E-state index in [0.29, 0.717) is 31.3 Å². The van der Waals surface area contributed by atoms with Gasteiger partial charge in [-0.3, -0.25) is 9.36 Å². The zero-order valence-electron chi connectivity index (χ0n) is 23.7. The lowest BCUT2D eigenvalue weighted by Gasteiger charge is -2.25. The lowest BCUT2D eigenvalue weighted by Crippen LogP contribution is -2.40. The number of methoxy groups -OCH3 is 1. The van der Waals surface area contributed by atoms with Crippen LogP contribution in [0, 0.1) is 0 Å². The number of esters is 1. The summed E-state index contributed by atoms with van der Waals surface area (Å²) in [6.07, 6.45) is 3.72. The van der Waals surface area contributed by atoms with Crippen LogP contribution >= 0.6 is 22.9 Å². The average Bonchev–Trinajstić information content (AvgIpc) is 3.58. The van der Waals surface area contributed by atoms with E-state index >= 15 is 0 Å². The zero-order chi connectivity index (χ0) is 30.1. The first-order valence-electron chi connectivity index (χ1n) is 13.6. The fourth-order valence-corrected chi connectivity index (χ4v) is 6.38. The van der Waals surface area contributed by atoms with Gasteiger partial charge < -0.3 is 9.47 Å². The van der Waals surface area contributed by atoms with Gasteiger partial charge in [0.15, 0.2) is 4.80 Å². The first-order chi connectivity index (χ1) is 20.9. The number of hydrogen-bond donors (Lipinski definition) is 0. The van der Waals surface area contributed by atoms with Crippen molar-refractivity contribution >= 4 is 35.0 Å². The Hall–Kier alpha value is -4.73. The first kappa shape index (κ1) is 28.4. The van der Waals surface area contributed by atoms with Crippen LogP contribution in [-0.2, 0) is 9.53 Å². The third kappa shape index (κ3) is 5.33. The third-order valence-electron chi connectivity index (χ3n) is 7.13. The maximum atomic E-state index is 14.2. The van der Waals surface area contributed by atoms with E-state index in [4.69, 9.17) is 26.2 Å². The molecular weight excluding hydrogens is 584 g/mol. The van der Waals surface area contributed by atoms with Gasteiger partial charge in [0.1, 0.15) is 17.5 Å². The molecule has 43 heavy (non-hydrogen) atoms. The van der Waals surface area contributed by atoms with E-state index in [1.165, 1.54) is 15.9 Å². The summed E-state index contributed by atoms with van der Waals surface area (Å²) in [7, 11) is 1.62. The molecule has 1 atom stereocenters. The second-order valence-electron chi connectivity index (χ2n) is 9.77. The number of aromatic nitrogens is 3. The number of thiazole rings is 1. The van der Waals surface area contributed by atoms with Crippen LogP contribution < -0.4 is 19.6 Å². The molecule has 0 bridgehead atoms. The quantitative estimate of drug-likeness (QED) is 0.233. The molecule has 5 aromatic rings. The minimum absolute atomic E-state index is 0.189. The van der Waals surface area contributed by atoms with Crippen molar-refractivity contribution in [3.05, 3.63) is 132 Å². The minimum Gasteiger partial charge on any atom is -0.497 e. The Morgan fingerprint density at radius 1 is 1.05 bits per heavy atom. The number of para-hydroxylation sites is 1. The summed E-state index contributed by atoms with van der Waals surface area (Å²) < 4.78 is 14.5. The van der Waals surface area contributed by atoms with Gasteiger partial charge in [0.2, 0.25) is 0 Å². The summed E-state index contributed by atoms with van der Waals surface area (Å²) in [6, 6.07) is 23.8. The number of fused-ring (bicyclic) bond motifs is 1. The van der Waals surface area contributed by atoms with Crippen LogP contribution in [0.25, 0.3) is 23.0 Å². The standard InChI is InChI=1S/C33H27ClN4O4S/c1-4-42-32(40)28-20(2)35-33-38(30(28)25-12-8-9-13-26(25)34)31(39)27(43-33)18-22-19-37(23-10-6-5-7-11-23)36-29(22)21-14-16-24(41-3)17-15-21/h5-19,30H,4H2,1-3H3/b27-18-/t30-/m1/s1. The molecule has 0 saturated carbocycles. The molecule has 3 aromatic carbocycles. The lowest BCUT2D eigenvalue weighted by atomic mass is 9.96. The summed E-state index contributed by atoms with van der Waals surface area (Å²) in [6.45, 7) is 3.68. The van der Waals surface area contributed by atoms with Gasteiger partial charge in [0.25, 0.3) is 5.56 Å². The highest BCUT2D eigenvalue weighted by Crippen LogP contribution is 2.34. The second kappa shape index (κ2) is 11.9. The molecule has 0 radical (unpaired) electrons. The molecule has 3 heterocycles. The van der Waals surface area contributed by atoms with Gasteiger partial charge in [0.05, 0.1) is 35.2 Å². The number of ether oxygens (including phenoxy) is 2. The molecule has 6 rings (SSSR count). The molecule has 0 spiro atoms. The van der Waals surface area contributed by atoms with Crippen molar-refractivity contribution in [2.75, 3.05) is 13.7 Å². The topological polar surface area (TPSA) is 87.7 Å². The van der Waals surface area contributed by atoms with E-state index in [9.17, 15) is 9.59 Å². The Bertz CT molecular complexity index is 2040. The predicted molar refractivity (Wildman–Crippen MR) is 167 cm³/mol. The molecule has 0 aliphatic carbocycles. The molecule has 1 aliphatic rings. The lowest BCUT2D eigenvalue weighted by molar-refractivity contribution is -0.139. The van der Waals surface area contributed by atoms with Crippen molar-refractivity contribution in [2.45, 2.75) is 19.9 Å². The van der Waals surface area contributed by atoms with Crippen molar-refractivity contribution in [3.8, 4) is 22.7 Å². The Balaban J connectivity index is 1.56. The van der Waals surface area contributed by atoms with E-state index in [1.54, 1.807) is 37.8 Å². The Morgan fingerprint density at radius 3 is 2.47 bits per heavy atom. The maximum absolute atomic E-state index is 14.2. The Labute approximate surface area is 256 Å². The first-order valence-corrected chi connectivity index (χ1v) is 14.8. The number of carbonyl (C=O) groups is 1. The predicted octanol–water partition coefficient (Wildman–Crippen LogP) is 5.31. The molecule has 0 saturated heterocycles. The molecule has 0 unspecified atom stereocenters. The summed E-state index contributed by atoms with van der Waals surface area (Å²) in [5.74, 6) is 0.197. The Kier molecular flexibility index (Phi) is 7.84. The summed E-state index contributed by atoms with van der Waals surface area (Å²) >= 11 is 7.88. The number of halogens is 1. The number of benzene rings is 3. The molecule has 216 valence electrons. The van der Waals surface area contributed by atoms with Gasteiger partial charge in [-0.2, -0.15) is 5.10 Å². The average molecular weight is 611 g/mol. The van der Waals surface area contributed by atoms with Crippen LogP contribution in [0.5, 0.6) is 5.75 Å². The molecular formula is C33H27ClN4O4S. The summed E-state index contributed by atoms with van der Waals surface area (Å²) in [5, 5.41) is 5.32. The minimum atomic E-state index is -0.792.